The second kappa shape index (κ2) is 6.05. The van der Waals surface area contributed by atoms with Crippen LogP contribution < -0.4 is 5.32 Å². The zero-order chi connectivity index (χ0) is 15.6. The van der Waals surface area contributed by atoms with Gasteiger partial charge in [-0.2, -0.15) is 18.3 Å². The first-order chi connectivity index (χ1) is 9.82. The number of aryl methyl sites for hydroxylation is 1. The molecule has 0 saturated heterocycles. The fraction of sp³-hybridized carbons (Fsp3) is 0.692. The summed E-state index contributed by atoms with van der Waals surface area (Å²) >= 11 is 0. The molecule has 0 fully saturated rings. The van der Waals surface area contributed by atoms with Gasteiger partial charge in [-0.05, 0) is 32.6 Å². The Bertz CT molecular complexity index is 513. The molecule has 2 rings (SSSR count). The van der Waals surface area contributed by atoms with Crippen LogP contribution in [0.3, 0.4) is 0 Å². The van der Waals surface area contributed by atoms with Gasteiger partial charge in [0.05, 0.1) is 0 Å². The van der Waals surface area contributed by atoms with Gasteiger partial charge in [0.25, 0.3) is 0 Å². The molecule has 1 amide bonds. The quantitative estimate of drug-likeness (QED) is 0.787. The monoisotopic (exact) mass is 305 g/mol. The lowest BCUT2D eigenvalue weighted by Gasteiger charge is -2.24. The Morgan fingerprint density at radius 2 is 2.29 bits per heavy atom. The lowest BCUT2D eigenvalue weighted by Crippen LogP contribution is -2.39. The topological polar surface area (TPSA) is 78.0 Å². The molecule has 21 heavy (non-hydrogen) atoms. The van der Waals surface area contributed by atoms with Gasteiger partial charge in [-0.3, -0.25) is 9.89 Å². The number of rotatable bonds is 4. The second-order valence-corrected chi connectivity index (χ2v) is 5.39. The van der Waals surface area contributed by atoms with Gasteiger partial charge in [-0.1, -0.05) is 0 Å². The molecular weight excluding hydrogens is 287 g/mol. The molecule has 1 heterocycles. The summed E-state index contributed by atoms with van der Waals surface area (Å²) in [4.78, 5) is 12.1. The standard InChI is InChI=1S/C13H18F3N3O2/c1-7(4-5-20)17-12(21)8-2-3-10-9(6-8)11(19-18-10)13(14,15)16/h7-8,20H,2-6H2,1H3,(H,17,21)(H,18,19). The van der Waals surface area contributed by atoms with Gasteiger partial charge in [0.1, 0.15) is 0 Å². The minimum atomic E-state index is -4.51. The van der Waals surface area contributed by atoms with Crippen molar-refractivity contribution in [2.75, 3.05) is 6.61 Å². The summed E-state index contributed by atoms with van der Waals surface area (Å²) in [6, 6.07) is -0.199. The van der Waals surface area contributed by atoms with Crippen molar-refractivity contribution in [1.29, 1.82) is 0 Å². The maximum absolute atomic E-state index is 12.8. The Kier molecular flexibility index (Phi) is 4.55. The maximum Gasteiger partial charge on any atom is 0.435 e. The fourth-order valence-corrected chi connectivity index (χ4v) is 2.58. The summed E-state index contributed by atoms with van der Waals surface area (Å²) < 4.78 is 38.5. The average Bonchev–Trinajstić information content (AvgIpc) is 2.81. The van der Waals surface area contributed by atoms with Crippen LogP contribution in [0, 0.1) is 5.92 Å². The third-order valence-electron chi connectivity index (χ3n) is 3.74. The normalized spacial score (nSPS) is 20.0. The third-order valence-corrected chi connectivity index (χ3v) is 3.74. The van der Waals surface area contributed by atoms with Gasteiger partial charge in [-0.15, -0.1) is 0 Å². The summed E-state index contributed by atoms with van der Waals surface area (Å²) in [6.45, 7) is 1.71. The number of carbonyl (C=O) groups excluding carboxylic acids is 1. The SMILES string of the molecule is CC(CCO)NC(=O)C1CCc2[nH]nc(C(F)(F)F)c2C1. The van der Waals surface area contributed by atoms with Gasteiger partial charge in [0.15, 0.2) is 5.69 Å². The molecule has 118 valence electrons. The molecule has 5 nitrogen and oxygen atoms in total. The van der Waals surface area contributed by atoms with E-state index in [1.54, 1.807) is 6.92 Å². The largest absolute Gasteiger partial charge is 0.435 e. The molecule has 1 aliphatic carbocycles. The van der Waals surface area contributed by atoms with E-state index in [1.165, 1.54) is 0 Å². The molecule has 3 N–H and O–H groups in total. The van der Waals surface area contributed by atoms with Crippen molar-refractivity contribution >= 4 is 5.91 Å². The van der Waals surface area contributed by atoms with E-state index in [4.69, 9.17) is 5.11 Å². The fourth-order valence-electron chi connectivity index (χ4n) is 2.58. The van der Waals surface area contributed by atoms with Crippen LogP contribution in [0.5, 0.6) is 0 Å². The van der Waals surface area contributed by atoms with Crippen LogP contribution in [-0.2, 0) is 23.8 Å². The predicted molar refractivity (Wildman–Crippen MR) is 68.4 cm³/mol. The number of aliphatic hydroxyl groups is 1. The predicted octanol–water partition coefficient (Wildman–Crippen LogP) is 1.42. The van der Waals surface area contributed by atoms with Gasteiger partial charge in [0.2, 0.25) is 5.91 Å². The molecular formula is C13H18F3N3O2. The number of aliphatic hydroxyl groups excluding tert-OH is 1. The zero-order valence-electron chi connectivity index (χ0n) is 11.6. The van der Waals surface area contributed by atoms with Crippen molar-refractivity contribution in [1.82, 2.24) is 15.5 Å². The molecule has 0 bridgehead atoms. The number of amides is 1. The molecule has 8 heteroatoms. The maximum atomic E-state index is 12.8. The molecule has 0 spiro atoms. The Labute approximate surface area is 119 Å². The van der Waals surface area contributed by atoms with Gasteiger partial charge >= 0.3 is 6.18 Å². The molecule has 1 aromatic rings. The average molecular weight is 305 g/mol. The Balaban J connectivity index is 2.08. The molecule has 1 aliphatic rings. The highest BCUT2D eigenvalue weighted by atomic mass is 19.4. The van der Waals surface area contributed by atoms with E-state index in [2.05, 4.69) is 15.5 Å². The number of hydrogen-bond donors (Lipinski definition) is 3. The second-order valence-electron chi connectivity index (χ2n) is 5.39. The van der Waals surface area contributed by atoms with Crippen molar-refractivity contribution < 1.29 is 23.1 Å². The summed E-state index contributed by atoms with van der Waals surface area (Å²) in [5.41, 5.74) is -0.350. The van der Waals surface area contributed by atoms with Crippen molar-refractivity contribution in [3.63, 3.8) is 0 Å². The third kappa shape index (κ3) is 3.55. The first kappa shape index (κ1) is 15.8. The Hall–Kier alpha value is -1.57. The lowest BCUT2D eigenvalue weighted by atomic mass is 9.85. The van der Waals surface area contributed by atoms with Crippen LogP contribution in [0.15, 0.2) is 0 Å². The van der Waals surface area contributed by atoms with Crippen molar-refractivity contribution in [3.05, 3.63) is 17.0 Å². The number of aromatic nitrogens is 2. The minimum Gasteiger partial charge on any atom is -0.396 e. The lowest BCUT2D eigenvalue weighted by molar-refractivity contribution is -0.142. The number of hydrogen-bond acceptors (Lipinski definition) is 3. The van der Waals surface area contributed by atoms with Crippen molar-refractivity contribution in [3.8, 4) is 0 Å². The summed E-state index contributed by atoms with van der Waals surface area (Å²) in [6.07, 6.45) is -3.18. The van der Waals surface area contributed by atoms with Crippen LogP contribution in [0.25, 0.3) is 0 Å². The highest BCUT2D eigenvalue weighted by Gasteiger charge is 2.40. The van der Waals surface area contributed by atoms with Crippen LogP contribution in [0.2, 0.25) is 0 Å². The number of nitrogens with one attached hydrogen (secondary N) is 2. The summed E-state index contributed by atoms with van der Waals surface area (Å²) in [5, 5.41) is 17.3. The molecule has 2 atom stereocenters. The van der Waals surface area contributed by atoms with Crippen LogP contribution in [0.1, 0.15) is 36.7 Å². The molecule has 0 aromatic carbocycles. The van der Waals surface area contributed by atoms with Gasteiger partial charge < -0.3 is 10.4 Å². The van der Waals surface area contributed by atoms with Crippen LogP contribution in [0.4, 0.5) is 13.2 Å². The van der Waals surface area contributed by atoms with E-state index in [-0.39, 0.29) is 30.5 Å². The van der Waals surface area contributed by atoms with E-state index in [0.717, 1.165) is 0 Å². The number of aromatic amines is 1. The number of fused-ring (bicyclic) bond motifs is 1. The summed E-state index contributed by atoms with van der Waals surface area (Å²) in [7, 11) is 0. The van der Waals surface area contributed by atoms with E-state index >= 15 is 0 Å². The highest BCUT2D eigenvalue weighted by Crippen LogP contribution is 2.36. The Morgan fingerprint density at radius 1 is 1.57 bits per heavy atom. The number of halogens is 3. The molecule has 0 radical (unpaired) electrons. The number of nitrogens with zero attached hydrogens (tertiary/aromatic N) is 1. The van der Waals surface area contributed by atoms with Crippen LogP contribution in [-0.4, -0.2) is 33.9 Å². The van der Waals surface area contributed by atoms with E-state index < -0.39 is 17.8 Å². The molecule has 2 unspecified atom stereocenters. The smallest absolute Gasteiger partial charge is 0.396 e. The van der Waals surface area contributed by atoms with E-state index in [1.807, 2.05) is 0 Å². The van der Waals surface area contributed by atoms with E-state index in [9.17, 15) is 18.0 Å². The minimum absolute atomic E-state index is 0.0400. The first-order valence-electron chi connectivity index (χ1n) is 6.87. The van der Waals surface area contributed by atoms with Gasteiger partial charge in [0, 0.05) is 29.8 Å². The number of H-pyrrole nitrogens is 1. The van der Waals surface area contributed by atoms with Crippen molar-refractivity contribution in [2.45, 2.75) is 44.8 Å². The first-order valence-corrected chi connectivity index (χ1v) is 6.87. The molecule has 1 aromatic heterocycles. The van der Waals surface area contributed by atoms with Gasteiger partial charge in [-0.25, -0.2) is 0 Å². The zero-order valence-corrected chi connectivity index (χ0v) is 11.6. The van der Waals surface area contributed by atoms with Crippen molar-refractivity contribution in [2.24, 2.45) is 5.92 Å². The van der Waals surface area contributed by atoms with Crippen LogP contribution >= 0.6 is 0 Å². The van der Waals surface area contributed by atoms with E-state index in [0.29, 0.717) is 25.0 Å². The highest BCUT2D eigenvalue weighted by molar-refractivity contribution is 5.79. The molecule has 0 saturated carbocycles. The Morgan fingerprint density at radius 3 is 2.90 bits per heavy atom. The number of alkyl halides is 3. The number of carbonyl (C=O) groups is 1. The summed E-state index contributed by atoms with van der Waals surface area (Å²) in [5.74, 6) is -0.756. The molecule has 0 aliphatic heterocycles.